The number of allylic oxidation sites excluding steroid dienone is 2. The molecule has 0 aliphatic rings. The third-order valence-corrected chi connectivity index (χ3v) is 0.780. The van der Waals surface area contributed by atoms with Gasteiger partial charge in [-0.1, -0.05) is 13.0 Å². The van der Waals surface area contributed by atoms with Gasteiger partial charge in [0, 0.05) is 5.70 Å². The molecule has 0 spiro atoms. The van der Waals surface area contributed by atoms with E-state index in [0.717, 1.165) is 12.1 Å². The Kier molecular flexibility index (Phi) is 4.30. The molecule has 0 atom stereocenters. The van der Waals surface area contributed by atoms with Crippen molar-refractivity contribution in [3.8, 4) is 0 Å². The summed E-state index contributed by atoms with van der Waals surface area (Å²) >= 11 is 0. The standard InChI is InChI=1S/C5H13N3/c1-3-4-5(2)7-8-6/h4,7-8H,3,6H2,1-2H3/b5-4-. The van der Waals surface area contributed by atoms with Crippen molar-refractivity contribution in [2.24, 2.45) is 5.84 Å². The van der Waals surface area contributed by atoms with E-state index in [-0.39, 0.29) is 0 Å². The van der Waals surface area contributed by atoms with Gasteiger partial charge in [-0.3, -0.25) is 5.84 Å². The monoisotopic (exact) mass is 115 g/mol. The third kappa shape index (κ3) is 3.64. The van der Waals surface area contributed by atoms with Crippen LogP contribution in [0.15, 0.2) is 11.8 Å². The first-order chi connectivity index (χ1) is 3.81. The van der Waals surface area contributed by atoms with Crippen LogP contribution in [-0.4, -0.2) is 0 Å². The minimum Gasteiger partial charge on any atom is -0.313 e. The highest BCUT2D eigenvalue weighted by molar-refractivity contribution is 4.92. The highest BCUT2D eigenvalue weighted by Crippen LogP contribution is 1.85. The predicted octanol–water partition coefficient (Wildman–Crippen LogP) is 0.268. The summed E-state index contributed by atoms with van der Waals surface area (Å²) < 4.78 is 0. The Morgan fingerprint density at radius 2 is 2.38 bits per heavy atom. The molecule has 0 aromatic carbocycles. The minimum atomic E-state index is 1.03. The Morgan fingerprint density at radius 3 is 2.75 bits per heavy atom. The molecule has 0 radical (unpaired) electrons. The van der Waals surface area contributed by atoms with Gasteiger partial charge < -0.3 is 5.43 Å². The summed E-state index contributed by atoms with van der Waals surface area (Å²) in [5, 5.41) is 0. The second kappa shape index (κ2) is 4.61. The van der Waals surface area contributed by atoms with Crippen molar-refractivity contribution in [3.05, 3.63) is 11.8 Å². The normalized spacial score (nSPS) is 11.6. The fraction of sp³-hybridized carbons (Fsp3) is 0.600. The van der Waals surface area contributed by atoms with Crippen molar-refractivity contribution >= 4 is 0 Å². The lowest BCUT2D eigenvalue weighted by atomic mass is 10.4. The molecule has 3 nitrogen and oxygen atoms in total. The van der Waals surface area contributed by atoms with E-state index in [1.165, 1.54) is 0 Å². The van der Waals surface area contributed by atoms with Gasteiger partial charge in [0.05, 0.1) is 0 Å². The van der Waals surface area contributed by atoms with Crippen molar-refractivity contribution in [1.29, 1.82) is 0 Å². The van der Waals surface area contributed by atoms with Crippen LogP contribution in [0.5, 0.6) is 0 Å². The van der Waals surface area contributed by atoms with Crippen LogP contribution in [0, 0.1) is 0 Å². The maximum atomic E-state index is 4.96. The maximum Gasteiger partial charge on any atom is 0.0204 e. The van der Waals surface area contributed by atoms with Crippen LogP contribution in [-0.2, 0) is 0 Å². The number of nitrogens with one attached hydrogen (secondary N) is 2. The number of hydrogen-bond donors (Lipinski definition) is 3. The van der Waals surface area contributed by atoms with Crippen molar-refractivity contribution in [3.63, 3.8) is 0 Å². The van der Waals surface area contributed by atoms with Crippen molar-refractivity contribution in [1.82, 2.24) is 11.0 Å². The maximum absolute atomic E-state index is 4.96. The quantitative estimate of drug-likeness (QED) is 0.365. The van der Waals surface area contributed by atoms with Gasteiger partial charge >= 0.3 is 0 Å². The van der Waals surface area contributed by atoms with Gasteiger partial charge in [0.2, 0.25) is 0 Å². The third-order valence-electron chi connectivity index (χ3n) is 0.780. The molecular weight excluding hydrogens is 102 g/mol. The molecule has 0 saturated carbocycles. The van der Waals surface area contributed by atoms with Crippen LogP contribution in [0.2, 0.25) is 0 Å². The zero-order chi connectivity index (χ0) is 6.41. The molecule has 0 heterocycles. The van der Waals surface area contributed by atoms with Gasteiger partial charge in [-0.25, -0.2) is 0 Å². The molecule has 0 amide bonds. The molecule has 0 rings (SSSR count). The van der Waals surface area contributed by atoms with Crippen molar-refractivity contribution < 1.29 is 0 Å². The molecule has 0 bridgehead atoms. The molecule has 0 aromatic rings. The zero-order valence-electron chi connectivity index (χ0n) is 5.36. The smallest absolute Gasteiger partial charge is 0.0204 e. The van der Waals surface area contributed by atoms with E-state index >= 15 is 0 Å². The van der Waals surface area contributed by atoms with E-state index < -0.39 is 0 Å². The molecule has 0 aliphatic carbocycles. The summed E-state index contributed by atoms with van der Waals surface area (Å²) in [5.74, 6) is 4.96. The van der Waals surface area contributed by atoms with Gasteiger partial charge in [0.15, 0.2) is 0 Å². The summed E-state index contributed by atoms with van der Waals surface area (Å²) in [5.41, 5.74) is 6.12. The zero-order valence-corrected chi connectivity index (χ0v) is 5.36. The number of hydrogen-bond acceptors (Lipinski definition) is 3. The number of nitrogens with two attached hydrogens (primary N) is 1. The fourth-order valence-corrected chi connectivity index (χ4v) is 0.471. The van der Waals surface area contributed by atoms with E-state index in [1.807, 2.05) is 13.0 Å². The van der Waals surface area contributed by atoms with Crippen LogP contribution < -0.4 is 16.8 Å². The molecule has 0 fully saturated rings. The van der Waals surface area contributed by atoms with Gasteiger partial charge in [-0.05, 0) is 13.3 Å². The molecule has 48 valence electrons. The lowest BCUT2D eigenvalue weighted by Crippen LogP contribution is -2.36. The number of hydrazine groups is 2. The Labute approximate surface area is 49.9 Å². The van der Waals surface area contributed by atoms with Crippen LogP contribution in [0.4, 0.5) is 0 Å². The lowest BCUT2D eigenvalue weighted by molar-refractivity contribution is 0.629. The van der Waals surface area contributed by atoms with Crippen LogP contribution in [0.3, 0.4) is 0 Å². The topological polar surface area (TPSA) is 50.1 Å². The molecule has 3 heteroatoms. The Bertz CT molecular complexity index is 77.7. The second-order valence-electron chi connectivity index (χ2n) is 1.56. The first-order valence-electron chi connectivity index (χ1n) is 2.69. The largest absolute Gasteiger partial charge is 0.313 e. The van der Waals surface area contributed by atoms with Gasteiger partial charge in [-0.2, -0.15) is 5.53 Å². The predicted molar refractivity (Wildman–Crippen MR) is 34.5 cm³/mol. The second-order valence-corrected chi connectivity index (χ2v) is 1.56. The fourth-order valence-electron chi connectivity index (χ4n) is 0.471. The van der Waals surface area contributed by atoms with E-state index in [9.17, 15) is 0 Å². The summed E-state index contributed by atoms with van der Waals surface area (Å²) in [4.78, 5) is 0. The molecule has 0 saturated heterocycles. The highest BCUT2D eigenvalue weighted by atomic mass is 15.5. The van der Waals surface area contributed by atoms with E-state index in [2.05, 4.69) is 17.9 Å². The van der Waals surface area contributed by atoms with Crippen LogP contribution >= 0.6 is 0 Å². The first kappa shape index (κ1) is 7.46. The summed E-state index contributed by atoms with van der Waals surface area (Å²) in [7, 11) is 0. The van der Waals surface area contributed by atoms with Crippen molar-refractivity contribution in [2.75, 3.05) is 0 Å². The molecule has 8 heavy (non-hydrogen) atoms. The average Bonchev–Trinajstić information content (AvgIpc) is 1.68. The van der Waals surface area contributed by atoms with E-state index in [1.54, 1.807) is 0 Å². The Balaban J connectivity index is 3.29. The van der Waals surface area contributed by atoms with E-state index in [0.29, 0.717) is 0 Å². The summed E-state index contributed by atoms with van der Waals surface area (Å²) in [6.07, 6.45) is 3.07. The average molecular weight is 115 g/mol. The molecule has 0 aromatic heterocycles. The molecule has 0 aliphatic heterocycles. The number of rotatable bonds is 3. The van der Waals surface area contributed by atoms with Crippen LogP contribution in [0.25, 0.3) is 0 Å². The molecule has 4 N–H and O–H groups in total. The summed E-state index contributed by atoms with van der Waals surface area (Å²) in [6.45, 7) is 4.02. The minimum absolute atomic E-state index is 1.03. The Hall–Kier alpha value is -0.540. The molecule has 0 unspecified atom stereocenters. The SMILES string of the molecule is CC/C=C(/C)NNN. The van der Waals surface area contributed by atoms with Crippen LogP contribution in [0.1, 0.15) is 20.3 Å². The highest BCUT2D eigenvalue weighted by Gasteiger charge is 1.78. The van der Waals surface area contributed by atoms with Gasteiger partial charge in [0.1, 0.15) is 0 Å². The first-order valence-corrected chi connectivity index (χ1v) is 2.69. The van der Waals surface area contributed by atoms with Gasteiger partial charge in [-0.15, -0.1) is 0 Å². The summed E-state index contributed by atoms with van der Waals surface area (Å²) in [6, 6.07) is 0. The van der Waals surface area contributed by atoms with Crippen molar-refractivity contribution in [2.45, 2.75) is 20.3 Å². The molecular formula is C5H13N3. The lowest BCUT2D eigenvalue weighted by Gasteiger charge is -2.00. The Morgan fingerprint density at radius 1 is 1.75 bits per heavy atom. The van der Waals surface area contributed by atoms with E-state index in [4.69, 9.17) is 5.84 Å². The van der Waals surface area contributed by atoms with Gasteiger partial charge in [0.25, 0.3) is 0 Å².